The van der Waals surface area contributed by atoms with Gasteiger partial charge in [-0.05, 0) is 36.8 Å². The molecule has 0 saturated heterocycles. The van der Waals surface area contributed by atoms with Crippen LogP contribution in [-0.2, 0) is 11.3 Å². The number of fused-ring (bicyclic) bond motifs is 2. The van der Waals surface area contributed by atoms with E-state index in [1.807, 2.05) is 6.92 Å². The van der Waals surface area contributed by atoms with Crippen molar-refractivity contribution in [2.75, 3.05) is 12.4 Å². The third-order valence-corrected chi connectivity index (χ3v) is 5.66. The highest BCUT2D eigenvalue weighted by atomic mass is 32.1. The van der Waals surface area contributed by atoms with E-state index in [1.54, 1.807) is 30.3 Å². The standard InChI is InChI=1S/C21H16FNO4S/c1-11-8-18(24)27-16-9-12(6-7-13(11)16)23-21(25)20-14(10-26-2)19-15(22)4-3-5-17(19)28-20/h3-9H,10H2,1-2H3,(H,23,25). The summed E-state index contributed by atoms with van der Waals surface area (Å²) in [5.74, 6) is -0.759. The van der Waals surface area contributed by atoms with E-state index in [0.29, 0.717) is 31.8 Å². The molecule has 7 heteroatoms. The van der Waals surface area contributed by atoms with Gasteiger partial charge >= 0.3 is 5.63 Å². The molecule has 0 saturated carbocycles. The first-order chi connectivity index (χ1) is 13.5. The molecule has 1 amide bonds. The molecule has 1 N–H and O–H groups in total. The van der Waals surface area contributed by atoms with Crippen LogP contribution in [0.2, 0.25) is 0 Å². The fourth-order valence-electron chi connectivity index (χ4n) is 3.22. The van der Waals surface area contributed by atoms with Crippen molar-refractivity contribution in [1.29, 1.82) is 0 Å². The van der Waals surface area contributed by atoms with Gasteiger partial charge in [-0.15, -0.1) is 11.3 Å². The van der Waals surface area contributed by atoms with Gasteiger partial charge in [0.05, 0.1) is 11.5 Å². The lowest BCUT2D eigenvalue weighted by Gasteiger charge is -2.08. The van der Waals surface area contributed by atoms with Crippen LogP contribution in [0.15, 0.2) is 51.7 Å². The van der Waals surface area contributed by atoms with E-state index in [0.717, 1.165) is 10.9 Å². The minimum absolute atomic E-state index is 0.121. The van der Waals surface area contributed by atoms with E-state index >= 15 is 0 Å². The fraction of sp³-hybridized carbons (Fsp3) is 0.143. The molecule has 4 rings (SSSR count). The zero-order valence-electron chi connectivity index (χ0n) is 15.2. The minimum Gasteiger partial charge on any atom is -0.423 e. The van der Waals surface area contributed by atoms with Crippen LogP contribution in [0.25, 0.3) is 21.1 Å². The van der Waals surface area contributed by atoms with Gasteiger partial charge in [0.25, 0.3) is 5.91 Å². The molecule has 2 aromatic carbocycles. The molecule has 28 heavy (non-hydrogen) atoms. The third-order valence-electron chi connectivity index (χ3n) is 4.47. The summed E-state index contributed by atoms with van der Waals surface area (Å²) < 4.78 is 25.4. The third kappa shape index (κ3) is 3.19. The van der Waals surface area contributed by atoms with Crippen LogP contribution in [0, 0.1) is 12.7 Å². The molecule has 0 atom stereocenters. The van der Waals surface area contributed by atoms with Crippen LogP contribution in [-0.4, -0.2) is 13.0 Å². The van der Waals surface area contributed by atoms with Crippen molar-refractivity contribution >= 4 is 44.0 Å². The van der Waals surface area contributed by atoms with Gasteiger partial charge in [0, 0.05) is 46.0 Å². The maximum absolute atomic E-state index is 14.3. The second kappa shape index (κ2) is 7.18. The quantitative estimate of drug-likeness (QED) is 0.500. The molecule has 0 aliphatic carbocycles. The summed E-state index contributed by atoms with van der Waals surface area (Å²) in [6, 6.07) is 11.3. The summed E-state index contributed by atoms with van der Waals surface area (Å²) in [7, 11) is 1.50. The molecular formula is C21H16FNO4S. The molecule has 0 spiro atoms. The number of rotatable bonds is 4. The minimum atomic E-state index is -0.448. The Hall–Kier alpha value is -3.03. The second-order valence-corrected chi connectivity index (χ2v) is 7.42. The van der Waals surface area contributed by atoms with Gasteiger partial charge in [0.2, 0.25) is 0 Å². The van der Waals surface area contributed by atoms with Crippen molar-refractivity contribution in [2.24, 2.45) is 0 Å². The number of hydrogen-bond acceptors (Lipinski definition) is 5. The lowest BCUT2D eigenvalue weighted by atomic mass is 10.1. The summed E-state index contributed by atoms with van der Waals surface area (Å²) >= 11 is 1.21. The number of amides is 1. The van der Waals surface area contributed by atoms with Crippen molar-refractivity contribution < 1.29 is 18.3 Å². The molecule has 5 nitrogen and oxygen atoms in total. The number of anilines is 1. The van der Waals surface area contributed by atoms with E-state index in [-0.39, 0.29) is 18.3 Å². The summed E-state index contributed by atoms with van der Waals surface area (Å²) in [5, 5.41) is 4.00. The van der Waals surface area contributed by atoms with Crippen molar-refractivity contribution in [1.82, 2.24) is 0 Å². The first-order valence-corrected chi connectivity index (χ1v) is 9.34. The maximum Gasteiger partial charge on any atom is 0.336 e. The Morgan fingerprint density at radius 2 is 2.07 bits per heavy atom. The molecule has 4 aromatic rings. The van der Waals surface area contributed by atoms with Gasteiger partial charge in [-0.1, -0.05) is 6.07 Å². The lowest BCUT2D eigenvalue weighted by molar-refractivity contribution is 0.102. The van der Waals surface area contributed by atoms with Gasteiger partial charge in [0.1, 0.15) is 11.4 Å². The SMILES string of the molecule is COCc1c(C(=O)Nc2ccc3c(C)cc(=O)oc3c2)sc2cccc(F)c12. The molecule has 0 fully saturated rings. The number of hydrogen-bond donors (Lipinski definition) is 1. The van der Waals surface area contributed by atoms with Crippen molar-refractivity contribution in [3.63, 3.8) is 0 Å². The van der Waals surface area contributed by atoms with Crippen LogP contribution in [0.1, 0.15) is 20.8 Å². The number of nitrogens with one attached hydrogen (secondary N) is 1. The number of thiophene rings is 1. The van der Waals surface area contributed by atoms with Crippen LogP contribution in [0.4, 0.5) is 10.1 Å². The van der Waals surface area contributed by atoms with E-state index in [9.17, 15) is 14.0 Å². The zero-order valence-corrected chi connectivity index (χ0v) is 16.0. The number of halogens is 1. The number of carbonyl (C=O) groups is 1. The van der Waals surface area contributed by atoms with Crippen LogP contribution in [0.5, 0.6) is 0 Å². The predicted octanol–water partition coefficient (Wildman–Crippen LogP) is 4.85. The lowest BCUT2D eigenvalue weighted by Crippen LogP contribution is -2.12. The van der Waals surface area contributed by atoms with Crippen LogP contribution in [0.3, 0.4) is 0 Å². The van der Waals surface area contributed by atoms with Gasteiger partial charge in [-0.2, -0.15) is 0 Å². The van der Waals surface area contributed by atoms with Gasteiger partial charge < -0.3 is 14.5 Å². The Balaban J connectivity index is 1.74. The van der Waals surface area contributed by atoms with Gasteiger partial charge in [-0.3, -0.25) is 4.79 Å². The van der Waals surface area contributed by atoms with E-state index in [4.69, 9.17) is 9.15 Å². The second-order valence-electron chi connectivity index (χ2n) is 6.37. The molecular weight excluding hydrogens is 381 g/mol. The number of benzene rings is 2. The number of carbonyl (C=O) groups excluding carboxylic acids is 1. The highest BCUT2D eigenvalue weighted by Crippen LogP contribution is 2.34. The average Bonchev–Trinajstić information content (AvgIpc) is 3.01. The first-order valence-electron chi connectivity index (χ1n) is 8.52. The smallest absolute Gasteiger partial charge is 0.336 e. The molecule has 0 aliphatic rings. The molecule has 0 radical (unpaired) electrons. The summed E-state index contributed by atoms with van der Waals surface area (Å²) in [6.07, 6.45) is 0. The molecule has 2 heterocycles. The van der Waals surface area contributed by atoms with Crippen LogP contribution >= 0.6 is 11.3 Å². The molecule has 0 unspecified atom stereocenters. The van der Waals surface area contributed by atoms with Gasteiger partial charge in [0.15, 0.2) is 0 Å². The van der Waals surface area contributed by atoms with E-state index < -0.39 is 5.63 Å². The van der Waals surface area contributed by atoms with Crippen molar-refractivity contribution in [3.8, 4) is 0 Å². The van der Waals surface area contributed by atoms with E-state index in [2.05, 4.69) is 5.32 Å². The van der Waals surface area contributed by atoms with Crippen LogP contribution < -0.4 is 10.9 Å². The highest BCUT2D eigenvalue weighted by Gasteiger charge is 2.21. The number of ether oxygens (including phenoxy) is 1. The highest BCUT2D eigenvalue weighted by molar-refractivity contribution is 7.21. The largest absolute Gasteiger partial charge is 0.423 e. The zero-order chi connectivity index (χ0) is 19.8. The Morgan fingerprint density at radius 1 is 1.25 bits per heavy atom. The monoisotopic (exact) mass is 397 g/mol. The molecule has 0 aliphatic heterocycles. The predicted molar refractivity (Wildman–Crippen MR) is 108 cm³/mol. The Morgan fingerprint density at radius 3 is 2.86 bits per heavy atom. The Bertz CT molecular complexity index is 1270. The average molecular weight is 397 g/mol. The first kappa shape index (κ1) is 18.3. The van der Waals surface area contributed by atoms with Gasteiger partial charge in [-0.25, -0.2) is 9.18 Å². The van der Waals surface area contributed by atoms with E-state index in [1.165, 1.54) is 30.6 Å². The molecule has 0 bridgehead atoms. The van der Waals surface area contributed by atoms with Crippen molar-refractivity contribution in [3.05, 3.63) is 74.7 Å². The summed E-state index contributed by atoms with van der Waals surface area (Å²) in [5.41, 5.74) is 1.73. The normalized spacial score (nSPS) is 11.2. The molecule has 142 valence electrons. The Labute approximate surface area is 163 Å². The summed E-state index contributed by atoms with van der Waals surface area (Å²) in [4.78, 5) is 24.9. The molecule has 2 aromatic heterocycles. The number of aryl methyl sites for hydroxylation is 1. The topological polar surface area (TPSA) is 68.5 Å². The van der Waals surface area contributed by atoms with Crippen molar-refractivity contribution in [2.45, 2.75) is 13.5 Å². The Kier molecular flexibility index (Phi) is 4.70. The summed E-state index contributed by atoms with van der Waals surface area (Å²) in [6.45, 7) is 1.94. The fourth-order valence-corrected chi connectivity index (χ4v) is 4.34. The number of methoxy groups -OCH3 is 1. The maximum atomic E-state index is 14.3.